The predicted octanol–water partition coefficient (Wildman–Crippen LogP) is 4.69. The Morgan fingerprint density at radius 1 is 1.00 bits per heavy atom. The van der Waals surface area contributed by atoms with Gasteiger partial charge >= 0.3 is 0 Å². The Hall–Kier alpha value is -3.21. The fourth-order valence-electron chi connectivity index (χ4n) is 2.98. The molecule has 26 heavy (non-hydrogen) atoms. The first-order valence-electron chi connectivity index (χ1n) is 8.24. The molecule has 0 saturated heterocycles. The van der Waals surface area contributed by atoms with Crippen molar-refractivity contribution in [1.29, 1.82) is 0 Å². The van der Waals surface area contributed by atoms with E-state index in [-0.39, 0.29) is 17.5 Å². The standard InChI is InChI=1S/C21H19FN2O2/c1-13-12-18(14(2)24(13)20-7-5-4-6-19(20)22)21(26)23-17-10-8-16(9-11-17)15(3)25/h4-12H,1-3H3,(H,23,26). The number of amides is 1. The third kappa shape index (κ3) is 3.28. The lowest BCUT2D eigenvalue weighted by Crippen LogP contribution is -2.13. The van der Waals surface area contributed by atoms with E-state index in [1.807, 2.05) is 6.92 Å². The summed E-state index contributed by atoms with van der Waals surface area (Å²) in [7, 11) is 0. The van der Waals surface area contributed by atoms with Crippen LogP contribution in [0.4, 0.5) is 10.1 Å². The number of hydrogen-bond acceptors (Lipinski definition) is 2. The van der Waals surface area contributed by atoms with Crippen LogP contribution in [0, 0.1) is 19.7 Å². The molecule has 2 aromatic carbocycles. The fraction of sp³-hybridized carbons (Fsp3) is 0.143. The number of hydrogen-bond donors (Lipinski definition) is 1. The Labute approximate surface area is 151 Å². The van der Waals surface area contributed by atoms with Gasteiger partial charge in [0.05, 0.1) is 11.3 Å². The van der Waals surface area contributed by atoms with E-state index in [9.17, 15) is 14.0 Å². The monoisotopic (exact) mass is 350 g/mol. The predicted molar refractivity (Wildman–Crippen MR) is 99.6 cm³/mol. The van der Waals surface area contributed by atoms with Crippen molar-refractivity contribution in [3.8, 4) is 5.69 Å². The second kappa shape index (κ2) is 6.96. The number of para-hydroxylation sites is 1. The maximum atomic E-state index is 14.1. The maximum absolute atomic E-state index is 14.1. The second-order valence-corrected chi connectivity index (χ2v) is 6.16. The summed E-state index contributed by atoms with van der Waals surface area (Å²) < 4.78 is 15.9. The highest BCUT2D eigenvalue weighted by atomic mass is 19.1. The summed E-state index contributed by atoms with van der Waals surface area (Å²) in [5.41, 5.74) is 3.49. The van der Waals surface area contributed by atoms with E-state index in [0.29, 0.717) is 28.2 Å². The molecule has 0 aliphatic heterocycles. The first-order valence-corrected chi connectivity index (χ1v) is 8.24. The molecule has 0 saturated carbocycles. The van der Waals surface area contributed by atoms with Gasteiger partial charge in [0.15, 0.2) is 5.78 Å². The molecule has 132 valence electrons. The number of rotatable bonds is 4. The van der Waals surface area contributed by atoms with Crippen LogP contribution in [0.15, 0.2) is 54.6 Å². The summed E-state index contributed by atoms with van der Waals surface area (Å²) in [5.74, 6) is -0.659. The smallest absolute Gasteiger partial charge is 0.257 e. The number of benzene rings is 2. The average Bonchev–Trinajstić information content (AvgIpc) is 2.90. The molecule has 0 bridgehead atoms. The third-order valence-corrected chi connectivity index (χ3v) is 4.32. The van der Waals surface area contributed by atoms with Crippen molar-refractivity contribution in [3.63, 3.8) is 0 Å². The number of nitrogens with zero attached hydrogens (tertiary/aromatic N) is 1. The molecule has 0 fully saturated rings. The molecule has 0 atom stereocenters. The van der Waals surface area contributed by atoms with E-state index in [0.717, 1.165) is 5.69 Å². The van der Waals surface area contributed by atoms with Crippen LogP contribution in [0.5, 0.6) is 0 Å². The summed E-state index contributed by atoms with van der Waals surface area (Å²) in [6, 6.07) is 14.9. The normalized spacial score (nSPS) is 10.6. The molecule has 0 spiro atoms. The molecule has 1 amide bonds. The molecule has 1 aromatic heterocycles. The molecule has 3 aromatic rings. The van der Waals surface area contributed by atoms with Crippen LogP contribution >= 0.6 is 0 Å². The van der Waals surface area contributed by atoms with Gasteiger partial charge in [-0.3, -0.25) is 9.59 Å². The Balaban J connectivity index is 1.90. The first-order chi connectivity index (χ1) is 12.4. The van der Waals surface area contributed by atoms with Crippen molar-refractivity contribution >= 4 is 17.4 Å². The van der Waals surface area contributed by atoms with Crippen molar-refractivity contribution in [1.82, 2.24) is 4.57 Å². The van der Waals surface area contributed by atoms with Gasteiger partial charge in [0, 0.05) is 22.6 Å². The van der Waals surface area contributed by atoms with Crippen LogP contribution < -0.4 is 5.32 Å². The van der Waals surface area contributed by atoms with Crippen molar-refractivity contribution in [2.24, 2.45) is 0 Å². The number of carbonyl (C=O) groups is 2. The Kier molecular flexibility index (Phi) is 4.71. The molecule has 0 radical (unpaired) electrons. The minimum atomic E-state index is -0.346. The van der Waals surface area contributed by atoms with E-state index >= 15 is 0 Å². The van der Waals surface area contributed by atoms with E-state index in [1.54, 1.807) is 60.0 Å². The molecule has 3 rings (SSSR count). The lowest BCUT2D eigenvalue weighted by atomic mass is 10.1. The van der Waals surface area contributed by atoms with Crippen LogP contribution in [-0.4, -0.2) is 16.3 Å². The topological polar surface area (TPSA) is 51.1 Å². The summed E-state index contributed by atoms with van der Waals surface area (Å²) in [5, 5.41) is 2.81. The van der Waals surface area contributed by atoms with Crippen LogP contribution in [0.25, 0.3) is 5.69 Å². The van der Waals surface area contributed by atoms with Crippen molar-refractivity contribution in [2.75, 3.05) is 5.32 Å². The minimum absolute atomic E-state index is 0.0312. The van der Waals surface area contributed by atoms with Gasteiger partial charge in [0.25, 0.3) is 5.91 Å². The number of nitrogens with one attached hydrogen (secondary N) is 1. The van der Waals surface area contributed by atoms with Crippen molar-refractivity contribution in [3.05, 3.63) is 82.9 Å². The molecule has 1 heterocycles. The maximum Gasteiger partial charge on any atom is 0.257 e. The lowest BCUT2D eigenvalue weighted by Gasteiger charge is -2.11. The van der Waals surface area contributed by atoms with E-state index in [4.69, 9.17) is 0 Å². The zero-order valence-corrected chi connectivity index (χ0v) is 14.8. The summed E-state index contributed by atoms with van der Waals surface area (Å²) in [6.07, 6.45) is 0. The Morgan fingerprint density at radius 3 is 2.27 bits per heavy atom. The highest BCUT2D eigenvalue weighted by Crippen LogP contribution is 2.23. The highest BCUT2D eigenvalue weighted by Gasteiger charge is 2.18. The second-order valence-electron chi connectivity index (χ2n) is 6.16. The number of halogens is 1. The van der Waals surface area contributed by atoms with Gasteiger partial charge in [0.2, 0.25) is 0 Å². The number of aromatic nitrogens is 1. The van der Waals surface area contributed by atoms with E-state index in [1.165, 1.54) is 13.0 Å². The van der Waals surface area contributed by atoms with Gasteiger partial charge in [-0.2, -0.15) is 0 Å². The fourth-order valence-corrected chi connectivity index (χ4v) is 2.98. The number of aryl methyl sites for hydroxylation is 1. The van der Waals surface area contributed by atoms with Gasteiger partial charge in [-0.1, -0.05) is 12.1 Å². The zero-order chi connectivity index (χ0) is 18.8. The van der Waals surface area contributed by atoms with E-state index in [2.05, 4.69) is 5.32 Å². The van der Waals surface area contributed by atoms with Gasteiger partial charge < -0.3 is 9.88 Å². The van der Waals surface area contributed by atoms with Gasteiger partial charge in [-0.15, -0.1) is 0 Å². The summed E-state index contributed by atoms with van der Waals surface area (Å²) in [6.45, 7) is 5.11. The minimum Gasteiger partial charge on any atom is -0.322 e. The lowest BCUT2D eigenvalue weighted by molar-refractivity contribution is 0.101. The molecule has 1 N–H and O–H groups in total. The number of ketones is 1. The average molecular weight is 350 g/mol. The molecule has 5 heteroatoms. The van der Waals surface area contributed by atoms with Crippen LogP contribution in [0.2, 0.25) is 0 Å². The molecule has 4 nitrogen and oxygen atoms in total. The SMILES string of the molecule is CC(=O)c1ccc(NC(=O)c2cc(C)n(-c3ccccc3F)c2C)cc1. The van der Waals surface area contributed by atoms with Crippen LogP contribution in [0.3, 0.4) is 0 Å². The van der Waals surface area contributed by atoms with Gasteiger partial charge in [0.1, 0.15) is 5.82 Å². The van der Waals surface area contributed by atoms with Gasteiger partial charge in [-0.05, 0) is 63.2 Å². The molecule has 0 aliphatic carbocycles. The summed E-state index contributed by atoms with van der Waals surface area (Å²) >= 11 is 0. The summed E-state index contributed by atoms with van der Waals surface area (Å²) in [4.78, 5) is 24.0. The zero-order valence-electron chi connectivity index (χ0n) is 14.8. The first kappa shape index (κ1) is 17.6. The van der Waals surface area contributed by atoms with Crippen LogP contribution in [-0.2, 0) is 0 Å². The molecule has 0 unspecified atom stereocenters. The van der Waals surface area contributed by atoms with Crippen molar-refractivity contribution in [2.45, 2.75) is 20.8 Å². The Morgan fingerprint density at radius 2 is 1.65 bits per heavy atom. The molecular weight excluding hydrogens is 331 g/mol. The van der Waals surface area contributed by atoms with Crippen LogP contribution in [0.1, 0.15) is 39.0 Å². The quantitative estimate of drug-likeness (QED) is 0.694. The molecule has 0 aliphatic rings. The molecular formula is C21H19FN2O2. The van der Waals surface area contributed by atoms with E-state index < -0.39 is 0 Å². The van der Waals surface area contributed by atoms with Gasteiger partial charge in [-0.25, -0.2) is 4.39 Å². The van der Waals surface area contributed by atoms with Crippen molar-refractivity contribution < 1.29 is 14.0 Å². The Bertz CT molecular complexity index is 988. The third-order valence-electron chi connectivity index (χ3n) is 4.32. The largest absolute Gasteiger partial charge is 0.322 e. The number of carbonyl (C=O) groups excluding carboxylic acids is 2. The highest BCUT2D eigenvalue weighted by molar-refractivity contribution is 6.05. The number of Topliss-reactive ketones (excluding diaryl/α,β-unsaturated/α-hetero) is 1. The number of anilines is 1.